The quantitative estimate of drug-likeness (QED) is 0.817. The van der Waals surface area contributed by atoms with Gasteiger partial charge in [0.25, 0.3) is 0 Å². The van der Waals surface area contributed by atoms with Gasteiger partial charge in [-0.15, -0.1) is 12.4 Å². The van der Waals surface area contributed by atoms with Gasteiger partial charge in [0.15, 0.2) is 0 Å². The minimum Gasteiger partial charge on any atom is -0.347 e. The summed E-state index contributed by atoms with van der Waals surface area (Å²) in [5.74, 6) is 0.0754. The summed E-state index contributed by atoms with van der Waals surface area (Å²) in [7, 11) is 0. The molecule has 0 spiro atoms. The van der Waals surface area contributed by atoms with E-state index in [9.17, 15) is 9.59 Å². The van der Waals surface area contributed by atoms with Crippen LogP contribution in [0.2, 0.25) is 5.02 Å². The van der Waals surface area contributed by atoms with Gasteiger partial charge < -0.3 is 15.5 Å². The standard InChI is InChI=1S/C19H26ClN3O2.ClH/c20-16-8-4-7-15(11-16)17-12-21-9-10-23(17)18(24)13-22-19(25)14-5-2-1-3-6-14;/h4,7-8,11,14,17,21H,1-3,5-6,9-10,12-13H2,(H,22,25);1H. The molecule has 0 aromatic heterocycles. The molecule has 1 aromatic carbocycles. The minimum atomic E-state index is -0.0495. The highest BCUT2D eigenvalue weighted by atomic mass is 35.5. The fourth-order valence-electron chi connectivity index (χ4n) is 3.79. The summed E-state index contributed by atoms with van der Waals surface area (Å²) in [6, 6.07) is 7.58. The van der Waals surface area contributed by atoms with E-state index in [1.54, 1.807) is 0 Å². The van der Waals surface area contributed by atoms with Gasteiger partial charge in [-0.25, -0.2) is 0 Å². The zero-order valence-corrected chi connectivity index (χ0v) is 16.5. The summed E-state index contributed by atoms with van der Waals surface area (Å²) in [6.07, 6.45) is 5.32. The van der Waals surface area contributed by atoms with Gasteiger partial charge in [-0.3, -0.25) is 9.59 Å². The van der Waals surface area contributed by atoms with E-state index >= 15 is 0 Å². The zero-order valence-electron chi connectivity index (χ0n) is 14.9. The summed E-state index contributed by atoms with van der Waals surface area (Å²) in [5.41, 5.74) is 1.02. The number of hydrogen-bond acceptors (Lipinski definition) is 3. The summed E-state index contributed by atoms with van der Waals surface area (Å²) < 4.78 is 0. The molecule has 2 fully saturated rings. The van der Waals surface area contributed by atoms with Crippen LogP contribution in [0.3, 0.4) is 0 Å². The second kappa shape index (κ2) is 10.1. The number of carbonyl (C=O) groups is 2. The number of halogens is 2. The van der Waals surface area contributed by atoms with Gasteiger partial charge in [-0.05, 0) is 30.5 Å². The molecule has 1 atom stereocenters. The van der Waals surface area contributed by atoms with Gasteiger partial charge >= 0.3 is 0 Å². The smallest absolute Gasteiger partial charge is 0.242 e. The Morgan fingerprint density at radius 2 is 2.00 bits per heavy atom. The Morgan fingerprint density at radius 3 is 2.73 bits per heavy atom. The molecule has 0 radical (unpaired) electrons. The molecule has 1 saturated heterocycles. The van der Waals surface area contributed by atoms with Crippen LogP contribution in [0.4, 0.5) is 0 Å². The van der Waals surface area contributed by atoms with E-state index in [1.807, 2.05) is 29.2 Å². The maximum atomic E-state index is 12.7. The van der Waals surface area contributed by atoms with Crippen LogP contribution in [-0.4, -0.2) is 42.9 Å². The van der Waals surface area contributed by atoms with E-state index in [-0.39, 0.29) is 42.7 Å². The Labute approximate surface area is 166 Å². The predicted molar refractivity (Wildman–Crippen MR) is 106 cm³/mol. The van der Waals surface area contributed by atoms with Crippen molar-refractivity contribution in [3.05, 3.63) is 34.9 Å². The molecule has 0 bridgehead atoms. The molecule has 5 nitrogen and oxygen atoms in total. The summed E-state index contributed by atoms with van der Waals surface area (Å²) in [5, 5.41) is 6.85. The Bertz CT molecular complexity index is 621. The predicted octanol–water partition coefficient (Wildman–Crippen LogP) is 2.93. The highest BCUT2D eigenvalue weighted by Crippen LogP contribution is 2.25. The first-order chi connectivity index (χ1) is 12.1. The lowest BCUT2D eigenvalue weighted by Crippen LogP contribution is -2.51. The van der Waals surface area contributed by atoms with Crippen molar-refractivity contribution in [3.63, 3.8) is 0 Å². The minimum absolute atomic E-state index is 0. The van der Waals surface area contributed by atoms with Crippen LogP contribution in [0.1, 0.15) is 43.7 Å². The van der Waals surface area contributed by atoms with Gasteiger partial charge in [0.2, 0.25) is 11.8 Å². The van der Waals surface area contributed by atoms with Crippen LogP contribution in [-0.2, 0) is 9.59 Å². The van der Waals surface area contributed by atoms with E-state index < -0.39 is 0 Å². The van der Waals surface area contributed by atoms with Gasteiger partial charge in [0.05, 0.1) is 12.6 Å². The lowest BCUT2D eigenvalue weighted by atomic mass is 9.89. The summed E-state index contributed by atoms with van der Waals surface area (Å²) in [4.78, 5) is 26.8. The maximum Gasteiger partial charge on any atom is 0.242 e. The maximum absolute atomic E-state index is 12.7. The van der Waals surface area contributed by atoms with Crippen LogP contribution in [0, 0.1) is 5.92 Å². The molecule has 1 saturated carbocycles. The van der Waals surface area contributed by atoms with Crippen LogP contribution in [0.5, 0.6) is 0 Å². The fraction of sp³-hybridized carbons (Fsp3) is 0.579. The van der Waals surface area contributed by atoms with Crippen LogP contribution >= 0.6 is 24.0 Å². The molecule has 1 heterocycles. The molecule has 3 rings (SSSR count). The number of carbonyl (C=O) groups excluding carboxylic acids is 2. The van der Waals surface area contributed by atoms with E-state index in [1.165, 1.54) is 6.42 Å². The monoisotopic (exact) mass is 399 g/mol. The third-order valence-corrected chi connectivity index (χ3v) is 5.42. The van der Waals surface area contributed by atoms with Gasteiger partial charge in [-0.1, -0.05) is 43.0 Å². The molecule has 7 heteroatoms. The largest absolute Gasteiger partial charge is 0.347 e. The molecule has 2 aliphatic rings. The highest BCUT2D eigenvalue weighted by Gasteiger charge is 2.29. The second-order valence-corrected chi connectivity index (χ2v) is 7.35. The Kier molecular flexibility index (Phi) is 8.19. The molecule has 1 unspecified atom stereocenters. The van der Waals surface area contributed by atoms with E-state index in [0.717, 1.165) is 37.8 Å². The third-order valence-electron chi connectivity index (χ3n) is 5.19. The Balaban J connectivity index is 0.00000243. The number of nitrogens with one attached hydrogen (secondary N) is 2. The van der Waals surface area contributed by atoms with Crippen LogP contribution in [0.25, 0.3) is 0 Å². The van der Waals surface area contributed by atoms with Crippen molar-refractivity contribution >= 4 is 35.8 Å². The second-order valence-electron chi connectivity index (χ2n) is 6.91. The van der Waals surface area contributed by atoms with Crippen molar-refractivity contribution < 1.29 is 9.59 Å². The molecule has 1 aromatic rings. The first-order valence-corrected chi connectivity index (χ1v) is 9.56. The molecular weight excluding hydrogens is 373 g/mol. The van der Waals surface area contributed by atoms with Gasteiger partial charge in [0.1, 0.15) is 0 Å². The number of rotatable bonds is 4. The fourth-order valence-corrected chi connectivity index (χ4v) is 3.99. The number of nitrogens with zero attached hydrogens (tertiary/aromatic N) is 1. The average molecular weight is 400 g/mol. The Hall–Kier alpha value is -1.30. The first-order valence-electron chi connectivity index (χ1n) is 9.18. The van der Waals surface area contributed by atoms with Gasteiger partial charge in [0, 0.05) is 30.6 Å². The molecule has 1 aliphatic heterocycles. The highest BCUT2D eigenvalue weighted by molar-refractivity contribution is 6.30. The van der Waals surface area contributed by atoms with Crippen molar-refractivity contribution in [1.82, 2.24) is 15.5 Å². The third kappa shape index (κ3) is 5.35. The number of hydrogen-bond donors (Lipinski definition) is 2. The molecule has 2 amide bonds. The Morgan fingerprint density at radius 1 is 1.23 bits per heavy atom. The number of piperazine rings is 1. The van der Waals surface area contributed by atoms with E-state index in [0.29, 0.717) is 18.1 Å². The van der Waals surface area contributed by atoms with Crippen molar-refractivity contribution in [2.75, 3.05) is 26.2 Å². The van der Waals surface area contributed by atoms with E-state index in [2.05, 4.69) is 10.6 Å². The van der Waals surface area contributed by atoms with Gasteiger partial charge in [-0.2, -0.15) is 0 Å². The topological polar surface area (TPSA) is 61.4 Å². The lowest BCUT2D eigenvalue weighted by molar-refractivity contribution is -0.136. The average Bonchev–Trinajstić information content (AvgIpc) is 2.66. The first kappa shape index (κ1) is 21.0. The summed E-state index contributed by atoms with van der Waals surface area (Å²) >= 11 is 6.10. The van der Waals surface area contributed by atoms with E-state index in [4.69, 9.17) is 11.6 Å². The normalized spacial score (nSPS) is 21.0. The molecule has 2 N–H and O–H groups in total. The number of amides is 2. The summed E-state index contributed by atoms with van der Waals surface area (Å²) in [6.45, 7) is 2.17. The number of benzene rings is 1. The zero-order chi connectivity index (χ0) is 17.6. The lowest BCUT2D eigenvalue weighted by Gasteiger charge is -2.37. The molecular formula is C19H27Cl2N3O2. The van der Waals surface area contributed by atoms with Crippen molar-refractivity contribution in [3.8, 4) is 0 Å². The van der Waals surface area contributed by atoms with Crippen molar-refractivity contribution in [1.29, 1.82) is 0 Å². The van der Waals surface area contributed by atoms with Crippen molar-refractivity contribution in [2.45, 2.75) is 38.1 Å². The van der Waals surface area contributed by atoms with Crippen molar-refractivity contribution in [2.24, 2.45) is 5.92 Å². The SMILES string of the molecule is Cl.O=C(NCC(=O)N1CCNCC1c1cccc(Cl)c1)C1CCCCC1. The molecule has 144 valence electrons. The molecule has 1 aliphatic carbocycles. The van der Waals surface area contributed by atoms with Crippen LogP contribution in [0.15, 0.2) is 24.3 Å². The van der Waals surface area contributed by atoms with Crippen LogP contribution < -0.4 is 10.6 Å². The molecule has 26 heavy (non-hydrogen) atoms.